The minimum Gasteiger partial charge on any atom is -0.497 e. The Morgan fingerprint density at radius 2 is 2.04 bits per heavy atom. The SMILES string of the molecule is COc1ccc(-n2c(C)nnc2SCC(=O)Nc2nc(C)cs2)cc1. The van der Waals surface area contributed by atoms with Gasteiger partial charge in [0.15, 0.2) is 10.3 Å². The topological polar surface area (TPSA) is 81.9 Å². The molecular weight excluding hydrogens is 358 g/mol. The second-order valence-electron chi connectivity index (χ2n) is 5.19. The number of thioether (sulfide) groups is 1. The monoisotopic (exact) mass is 375 g/mol. The fourth-order valence-corrected chi connectivity index (χ4v) is 3.66. The lowest BCUT2D eigenvalue weighted by molar-refractivity contribution is -0.113. The number of anilines is 1. The molecule has 25 heavy (non-hydrogen) atoms. The Bertz CT molecular complexity index is 873. The predicted molar refractivity (Wildman–Crippen MR) is 98.9 cm³/mol. The first-order valence-electron chi connectivity index (χ1n) is 7.48. The normalized spacial score (nSPS) is 10.7. The molecule has 0 aliphatic heterocycles. The van der Waals surface area contributed by atoms with Gasteiger partial charge in [0.25, 0.3) is 0 Å². The zero-order valence-corrected chi connectivity index (χ0v) is 15.6. The highest BCUT2D eigenvalue weighted by Gasteiger charge is 2.14. The van der Waals surface area contributed by atoms with Crippen LogP contribution in [-0.2, 0) is 4.79 Å². The third-order valence-electron chi connectivity index (χ3n) is 3.32. The molecule has 1 aromatic carbocycles. The molecule has 2 aromatic heterocycles. The number of aromatic nitrogens is 4. The highest BCUT2D eigenvalue weighted by Crippen LogP contribution is 2.24. The summed E-state index contributed by atoms with van der Waals surface area (Å²) in [5.41, 5.74) is 1.81. The van der Waals surface area contributed by atoms with E-state index in [1.54, 1.807) is 7.11 Å². The van der Waals surface area contributed by atoms with Crippen LogP contribution in [0, 0.1) is 13.8 Å². The van der Waals surface area contributed by atoms with Crippen molar-refractivity contribution in [3.8, 4) is 11.4 Å². The molecule has 0 aliphatic carbocycles. The van der Waals surface area contributed by atoms with Crippen LogP contribution in [0.2, 0.25) is 0 Å². The number of ether oxygens (including phenoxy) is 1. The van der Waals surface area contributed by atoms with Gasteiger partial charge in [-0.25, -0.2) is 4.98 Å². The summed E-state index contributed by atoms with van der Waals surface area (Å²) in [6.07, 6.45) is 0. The third kappa shape index (κ3) is 4.18. The molecule has 0 fully saturated rings. The average molecular weight is 375 g/mol. The van der Waals surface area contributed by atoms with Gasteiger partial charge in [0.05, 0.1) is 18.6 Å². The van der Waals surface area contributed by atoms with E-state index in [1.807, 2.05) is 48.1 Å². The fraction of sp³-hybridized carbons (Fsp3) is 0.250. The number of nitrogens with zero attached hydrogens (tertiary/aromatic N) is 4. The Kier molecular flexibility index (Phi) is 5.34. The molecule has 0 bridgehead atoms. The Labute approximate surface area is 153 Å². The van der Waals surface area contributed by atoms with E-state index in [4.69, 9.17) is 4.74 Å². The minimum atomic E-state index is -0.124. The molecule has 3 rings (SSSR count). The van der Waals surface area contributed by atoms with Crippen molar-refractivity contribution in [3.63, 3.8) is 0 Å². The first-order valence-corrected chi connectivity index (χ1v) is 9.34. The maximum atomic E-state index is 12.1. The number of hydrogen-bond acceptors (Lipinski definition) is 7. The lowest BCUT2D eigenvalue weighted by Gasteiger charge is -2.09. The first-order chi connectivity index (χ1) is 12.1. The van der Waals surface area contributed by atoms with Crippen molar-refractivity contribution >= 4 is 34.1 Å². The lowest BCUT2D eigenvalue weighted by atomic mass is 10.3. The van der Waals surface area contributed by atoms with E-state index in [2.05, 4.69) is 20.5 Å². The number of rotatable bonds is 6. The second-order valence-corrected chi connectivity index (χ2v) is 6.99. The largest absolute Gasteiger partial charge is 0.497 e. The molecule has 130 valence electrons. The highest BCUT2D eigenvalue weighted by molar-refractivity contribution is 7.99. The number of hydrogen-bond donors (Lipinski definition) is 1. The summed E-state index contributed by atoms with van der Waals surface area (Å²) in [6.45, 7) is 3.76. The predicted octanol–water partition coefficient (Wildman–Crippen LogP) is 3.08. The number of amides is 1. The van der Waals surface area contributed by atoms with E-state index in [0.29, 0.717) is 10.3 Å². The molecule has 0 saturated heterocycles. The third-order valence-corrected chi connectivity index (χ3v) is 5.13. The van der Waals surface area contributed by atoms with Gasteiger partial charge in [-0.05, 0) is 38.1 Å². The number of thiazole rings is 1. The van der Waals surface area contributed by atoms with Crippen LogP contribution >= 0.6 is 23.1 Å². The van der Waals surface area contributed by atoms with E-state index in [9.17, 15) is 4.79 Å². The zero-order valence-electron chi connectivity index (χ0n) is 14.0. The van der Waals surface area contributed by atoms with Crippen LogP contribution < -0.4 is 10.1 Å². The van der Waals surface area contributed by atoms with Crippen LogP contribution in [0.5, 0.6) is 5.75 Å². The molecule has 2 heterocycles. The van der Waals surface area contributed by atoms with Crippen LogP contribution in [0.3, 0.4) is 0 Å². The number of methoxy groups -OCH3 is 1. The zero-order chi connectivity index (χ0) is 17.8. The van der Waals surface area contributed by atoms with Crippen molar-refractivity contribution in [1.82, 2.24) is 19.7 Å². The van der Waals surface area contributed by atoms with E-state index >= 15 is 0 Å². The van der Waals surface area contributed by atoms with Gasteiger partial charge in [0, 0.05) is 11.1 Å². The Balaban J connectivity index is 1.69. The minimum absolute atomic E-state index is 0.124. The Morgan fingerprint density at radius 1 is 1.28 bits per heavy atom. The molecule has 0 unspecified atom stereocenters. The van der Waals surface area contributed by atoms with Gasteiger partial charge in [-0.3, -0.25) is 9.36 Å². The van der Waals surface area contributed by atoms with Crippen LogP contribution in [0.15, 0.2) is 34.8 Å². The molecule has 0 spiro atoms. The van der Waals surface area contributed by atoms with E-state index < -0.39 is 0 Å². The summed E-state index contributed by atoms with van der Waals surface area (Å²) in [7, 11) is 1.63. The molecule has 0 radical (unpaired) electrons. The fourth-order valence-electron chi connectivity index (χ4n) is 2.16. The summed E-state index contributed by atoms with van der Waals surface area (Å²) in [5.74, 6) is 1.64. The number of carbonyl (C=O) groups excluding carboxylic acids is 1. The number of aryl methyl sites for hydroxylation is 2. The molecule has 0 aliphatic rings. The van der Waals surface area contributed by atoms with Crippen molar-refractivity contribution in [3.05, 3.63) is 41.2 Å². The van der Waals surface area contributed by atoms with E-state index in [-0.39, 0.29) is 11.7 Å². The summed E-state index contributed by atoms with van der Waals surface area (Å²) < 4.78 is 7.09. The Hall–Kier alpha value is -2.39. The van der Waals surface area contributed by atoms with Gasteiger partial charge >= 0.3 is 0 Å². The van der Waals surface area contributed by atoms with Gasteiger partial charge in [0.1, 0.15) is 11.6 Å². The maximum Gasteiger partial charge on any atom is 0.236 e. The van der Waals surface area contributed by atoms with Crippen LogP contribution in [0.4, 0.5) is 5.13 Å². The van der Waals surface area contributed by atoms with Gasteiger partial charge in [0.2, 0.25) is 5.91 Å². The molecule has 0 saturated carbocycles. The molecule has 3 aromatic rings. The van der Waals surface area contributed by atoms with E-state index in [1.165, 1.54) is 23.1 Å². The van der Waals surface area contributed by atoms with Crippen molar-refractivity contribution in [2.75, 3.05) is 18.2 Å². The standard InChI is InChI=1S/C16H17N5O2S2/c1-10-8-24-15(17-10)18-14(22)9-25-16-20-19-11(2)21(16)12-4-6-13(23-3)7-5-12/h4-8H,9H2,1-3H3,(H,17,18,22). The number of nitrogens with one attached hydrogen (secondary N) is 1. The van der Waals surface area contributed by atoms with E-state index in [0.717, 1.165) is 23.0 Å². The summed E-state index contributed by atoms with van der Waals surface area (Å²) in [4.78, 5) is 16.3. The molecule has 1 amide bonds. The average Bonchev–Trinajstić information content (AvgIpc) is 3.18. The van der Waals surface area contributed by atoms with Crippen LogP contribution in [0.1, 0.15) is 11.5 Å². The van der Waals surface area contributed by atoms with Crippen LogP contribution in [0.25, 0.3) is 5.69 Å². The van der Waals surface area contributed by atoms with Crippen molar-refractivity contribution < 1.29 is 9.53 Å². The molecule has 1 N–H and O–H groups in total. The molecular formula is C16H17N5O2S2. The molecule has 0 atom stereocenters. The number of carbonyl (C=O) groups is 1. The second kappa shape index (κ2) is 7.66. The van der Waals surface area contributed by atoms with Gasteiger partial charge < -0.3 is 10.1 Å². The molecule has 9 heteroatoms. The first kappa shape index (κ1) is 17.4. The number of benzene rings is 1. The van der Waals surface area contributed by atoms with Gasteiger partial charge in [-0.1, -0.05) is 11.8 Å². The highest BCUT2D eigenvalue weighted by atomic mass is 32.2. The summed E-state index contributed by atoms with van der Waals surface area (Å²) >= 11 is 2.74. The van der Waals surface area contributed by atoms with Gasteiger partial charge in [-0.2, -0.15) is 0 Å². The van der Waals surface area contributed by atoms with Gasteiger partial charge in [-0.15, -0.1) is 21.5 Å². The lowest BCUT2D eigenvalue weighted by Crippen LogP contribution is -2.14. The van der Waals surface area contributed by atoms with Crippen molar-refractivity contribution in [2.24, 2.45) is 0 Å². The Morgan fingerprint density at radius 3 is 2.68 bits per heavy atom. The molecule has 7 nitrogen and oxygen atoms in total. The van der Waals surface area contributed by atoms with Crippen molar-refractivity contribution in [1.29, 1.82) is 0 Å². The summed E-state index contributed by atoms with van der Waals surface area (Å²) in [5, 5.41) is 14.2. The van der Waals surface area contributed by atoms with Crippen molar-refractivity contribution in [2.45, 2.75) is 19.0 Å². The smallest absolute Gasteiger partial charge is 0.236 e. The van der Waals surface area contributed by atoms with Crippen LogP contribution in [-0.4, -0.2) is 38.5 Å². The maximum absolute atomic E-state index is 12.1. The quantitative estimate of drug-likeness (QED) is 0.667. The summed E-state index contributed by atoms with van der Waals surface area (Å²) in [6, 6.07) is 7.61.